The molecule has 2 saturated carbocycles. The predicted octanol–water partition coefficient (Wildman–Crippen LogP) is 4.97. The highest BCUT2D eigenvalue weighted by atomic mass is 16.3. The topological polar surface area (TPSA) is 40.5 Å². The van der Waals surface area contributed by atoms with Crippen LogP contribution >= 0.6 is 0 Å². The molecule has 0 aliphatic heterocycles. The lowest BCUT2D eigenvalue weighted by atomic mass is 9.46. The van der Waals surface area contributed by atoms with Crippen LogP contribution in [0.4, 0.5) is 0 Å². The molecule has 2 fully saturated rings. The monoisotopic (exact) mass is 310 g/mol. The first kappa shape index (κ1) is 17.7. The molecule has 0 aromatic carbocycles. The Kier molecular flexibility index (Phi) is 4.68. The third-order valence-electron chi connectivity index (χ3n) is 6.61. The van der Waals surface area contributed by atoms with Crippen LogP contribution in [0.2, 0.25) is 0 Å². The smallest absolute Gasteiger partial charge is 0.0797 e. The second-order valence-corrected chi connectivity index (χ2v) is 8.91. The largest absolute Gasteiger partial charge is 0.392 e. The van der Waals surface area contributed by atoms with Gasteiger partial charge in [-0.15, -0.1) is 6.58 Å². The van der Waals surface area contributed by atoms with Gasteiger partial charge in [0.2, 0.25) is 0 Å². The van der Waals surface area contributed by atoms with Gasteiger partial charge in [0, 0.05) is 2.85 Å². The van der Waals surface area contributed by atoms with E-state index in [1.807, 2.05) is 6.92 Å². The van der Waals surface area contributed by atoms with Crippen LogP contribution in [0.5, 0.6) is 0 Å². The van der Waals surface area contributed by atoms with Crippen molar-refractivity contribution in [3.63, 3.8) is 0 Å². The van der Waals surface area contributed by atoms with Crippen LogP contribution in [-0.4, -0.2) is 21.9 Å². The van der Waals surface area contributed by atoms with Crippen LogP contribution in [0, 0.1) is 22.7 Å². The van der Waals surface area contributed by atoms with Crippen LogP contribution in [0.1, 0.15) is 69.1 Å². The molecule has 0 saturated heterocycles. The molecule has 0 amide bonds. The van der Waals surface area contributed by atoms with Gasteiger partial charge in [-0.25, -0.2) is 0 Å². The Morgan fingerprint density at radius 3 is 2.59 bits per heavy atom. The fourth-order valence-corrected chi connectivity index (χ4v) is 5.55. The standard InChI is InChI=1S/C20H34O2.2H2/c1-7-19(5,22)12-9-15-14(2)13-16(21)17-18(3,4)10-8-11-20(15,17)6;;/h7,15-17,21-22H,1-2,8-13H2,3-6H3;2*1H/t15?,16-,17?,19+,20?;;/m1../s1. The maximum Gasteiger partial charge on any atom is 0.0797 e. The van der Waals surface area contributed by atoms with Gasteiger partial charge >= 0.3 is 0 Å². The summed E-state index contributed by atoms with van der Waals surface area (Å²) >= 11 is 0. The van der Waals surface area contributed by atoms with Crippen LogP contribution in [0.25, 0.3) is 0 Å². The summed E-state index contributed by atoms with van der Waals surface area (Å²) in [6.45, 7) is 16.8. The van der Waals surface area contributed by atoms with Crippen molar-refractivity contribution >= 4 is 0 Å². The summed E-state index contributed by atoms with van der Waals surface area (Å²) in [5, 5.41) is 21.0. The zero-order valence-corrected chi connectivity index (χ0v) is 14.9. The molecule has 0 heterocycles. The van der Waals surface area contributed by atoms with E-state index in [9.17, 15) is 10.2 Å². The highest BCUT2D eigenvalue weighted by Crippen LogP contribution is 2.61. The molecule has 2 aliphatic rings. The minimum atomic E-state index is -0.813. The molecule has 0 aromatic heterocycles. The normalized spacial score (nSPS) is 40.6. The minimum absolute atomic E-state index is 0. The van der Waals surface area contributed by atoms with Gasteiger partial charge in [-0.1, -0.05) is 45.4 Å². The molecule has 2 aliphatic carbocycles. The van der Waals surface area contributed by atoms with Gasteiger partial charge in [0.05, 0.1) is 11.7 Å². The number of hydrogen-bond acceptors (Lipinski definition) is 2. The number of rotatable bonds is 4. The van der Waals surface area contributed by atoms with Gasteiger partial charge in [0.15, 0.2) is 0 Å². The average Bonchev–Trinajstić information content (AvgIpc) is 2.36. The molecule has 5 atom stereocenters. The van der Waals surface area contributed by atoms with E-state index in [2.05, 4.69) is 33.9 Å². The van der Waals surface area contributed by atoms with Crippen molar-refractivity contribution in [1.82, 2.24) is 0 Å². The molecule has 0 radical (unpaired) electrons. The van der Waals surface area contributed by atoms with E-state index >= 15 is 0 Å². The van der Waals surface area contributed by atoms with E-state index in [1.54, 1.807) is 6.08 Å². The summed E-state index contributed by atoms with van der Waals surface area (Å²) in [5.41, 5.74) is 0.621. The maximum absolute atomic E-state index is 10.7. The SMILES string of the molecule is C=C[C@](C)(O)CCC1C(=C)C[C@@H](O)C2C(C)(C)CCCC12C.[HH].[HH]. The summed E-state index contributed by atoms with van der Waals surface area (Å²) in [6.07, 6.45) is 7.26. The summed E-state index contributed by atoms with van der Waals surface area (Å²) in [4.78, 5) is 0. The van der Waals surface area contributed by atoms with E-state index < -0.39 is 5.60 Å². The molecule has 2 N–H and O–H groups in total. The molecular formula is C20H38O2. The van der Waals surface area contributed by atoms with Crippen molar-refractivity contribution in [3.8, 4) is 0 Å². The van der Waals surface area contributed by atoms with Crippen molar-refractivity contribution in [2.24, 2.45) is 22.7 Å². The van der Waals surface area contributed by atoms with E-state index in [0.29, 0.717) is 24.7 Å². The molecule has 2 nitrogen and oxygen atoms in total. The Balaban J connectivity index is 0.00000264. The first-order chi connectivity index (χ1) is 10.0. The van der Waals surface area contributed by atoms with Crippen LogP contribution in [-0.2, 0) is 0 Å². The first-order valence-electron chi connectivity index (χ1n) is 8.75. The Labute approximate surface area is 139 Å². The van der Waals surface area contributed by atoms with E-state index in [-0.39, 0.29) is 19.8 Å². The number of aliphatic hydroxyl groups excluding tert-OH is 1. The summed E-state index contributed by atoms with van der Waals surface area (Å²) in [7, 11) is 0. The molecule has 2 rings (SSSR count). The number of hydrogen-bond donors (Lipinski definition) is 2. The van der Waals surface area contributed by atoms with Crippen molar-refractivity contribution in [3.05, 3.63) is 24.8 Å². The Bertz CT molecular complexity index is 459. The molecule has 0 bridgehead atoms. The molecule has 3 unspecified atom stereocenters. The van der Waals surface area contributed by atoms with Crippen LogP contribution in [0.15, 0.2) is 24.8 Å². The lowest BCUT2D eigenvalue weighted by molar-refractivity contribution is -0.123. The van der Waals surface area contributed by atoms with E-state index in [4.69, 9.17) is 0 Å². The van der Waals surface area contributed by atoms with Gasteiger partial charge in [-0.2, -0.15) is 0 Å². The van der Waals surface area contributed by atoms with Crippen molar-refractivity contribution in [2.45, 2.75) is 77.9 Å². The number of fused-ring (bicyclic) bond motifs is 1. The van der Waals surface area contributed by atoms with Gasteiger partial charge in [-0.05, 0) is 61.7 Å². The fourth-order valence-electron chi connectivity index (χ4n) is 5.55. The van der Waals surface area contributed by atoms with Gasteiger partial charge in [0.1, 0.15) is 0 Å². The second-order valence-electron chi connectivity index (χ2n) is 8.91. The third-order valence-corrected chi connectivity index (χ3v) is 6.61. The summed E-state index contributed by atoms with van der Waals surface area (Å²) < 4.78 is 0. The molecule has 130 valence electrons. The van der Waals surface area contributed by atoms with E-state index in [0.717, 1.165) is 12.8 Å². The summed E-state index contributed by atoms with van der Waals surface area (Å²) in [6, 6.07) is 0. The van der Waals surface area contributed by atoms with Crippen LogP contribution in [0.3, 0.4) is 0 Å². The second kappa shape index (κ2) is 5.79. The highest BCUT2D eigenvalue weighted by molar-refractivity contribution is 5.18. The Morgan fingerprint density at radius 2 is 2.00 bits per heavy atom. The van der Waals surface area contributed by atoms with E-state index in [1.165, 1.54) is 18.4 Å². The predicted molar refractivity (Wildman–Crippen MR) is 96.8 cm³/mol. The lowest BCUT2D eigenvalue weighted by Gasteiger charge is -2.59. The number of aliphatic hydroxyl groups is 2. The van der Waals surface area contributed by atoms with Gasteiger partial charge < -0.3 is 10.2 Å². The zero-order valence-electron chi connectivity index (χ0n) is 14.9. The first-order valence-corrected chi connectivity index (χ1v) is 8.75. The third kappa shape index (κ3) is 3.05. The minimum Gasteiger partial charge on any atom is -0.392 e. The maximum atomic E-state index is 10.7. The lowest BCUT2D eigenvalue weighted by Crippen LogP contribution is -2.55. The molecular weight excluding hydrogens is 272 g/mol. The average molecular weight is 311 g/mol. The van der Waals surface area contributed by atoms with Crippen molar-refractivity contribution in [2.75, 3.05) is 0 Å². The van der Waals surface area contributed by atoms with Crippen LogP contribution < -0.4 is 0 Å². The Hall–Kier alpha value is -0.600. The van der Waals surface area contributed by atoms with Gasteiger partial charge in [0.25, 0.3) is 0 Å². The van der Waals surface area contributed by atoms with Gasteiger partial charge in [-0.3, -0.25) is 0 Å². The van der Waals surface area contributed by atoms with Crippen molar-refractivity contribution in [1.29, 1.82) is 0 Å². The quantitative estimate of drug-likeness (QED) is 0.720. The molecule has 0 aromatic rings. The zero-order chi connectivity index (χ0) is 16.8. The molecule has 2 heteroatoms. The summed E-state index contributed by atoms with van der Waals surface area (Å²) in [5.74, 6) is 0.699. The molecule has 0 spiro atoms. The highest BCUT2D eigenvalue weighted by Gasteiger charge is 2.56. The van der Waals surface area contributed by atoms with Crippen molar-refractivity contribution < 1.29 is 13.1 Å². The fraction of sp³-hybridized carbons (Fsp3) is 0.800. The molecule has 22 heavy (non-hydrogen) atoms. The Morgan fingerprint density at radius 1 is 1.36 bits per heavy atom.